The van der Waals surface area contributed by atoms with Gasteiger partial charge in [0.2, 0.25) is 0 Å². The van der Waals surface area contributed by atoms with Crippen molar-refractivity contribution in [2.75, 3.05) is 20.1 Å². The van der Waals surface area contributed by atoms with Crippen LogP contribution in [0.25, 0.3) is 0 Å². The van der Waals surface area contributed by atoms with Crippen LogP contribution in [0.4, 0.5) is 0 Å². The quantitative estimate of drug-likeness (QED) is 0.225. The van der Waals surface area contributed by atoms with Crippen molar-refractivity contribution in [1.82, 2.24) is 16.0 Å². The fraction of sp³-hybridized carbons (Fsp3) is 0.400. The van der Waals surface area contributed by atoms with E-state index in [0.29, 0.717) is 18.2 Å². The summed E-state index contributed by atoms with van der Waals surface area (Å²) < 4.78 is 0. The maximum Gasteiger partial charge on any atom is 0.251 e. The molecule has 148 valence electrons. The fourth-order valence-electron chi connectivity index (χ4n) is 2.56. The number of benzene rings is 1. The first kappa shape index (κ1) is 23.4. The number of aryl methyl sites for hydroxylation is 1. The number of hydrogen-bond acceptors (Lipinski definition) is 3. The van der Waals surface area contributed by atoms with Crippen LogP contribution in [0, 0.1) is 6.92 Å². The Morgan fingerprint density at radius 1 is 1.11 bits per heavy atom. The predicted molar refractivity (Wildman–Crippen MR) is 126 cm³/mol. The summed E-state index contributed by atoms with van der Waals surface area (Å²) in [6.45, 7) is 5.66. The summed E-state index contributed by atoms with van der Waals surface area (Å²) in [7, 11) is 1.77. The minimum absolute atomic E-state index is 0. The number of halogens is 1. The molecule has 0 bridgehead atoms. The van der Waals surface area contributed by atoms with Crippen molar-refractivity contribution < 1.29 is 4.79 Å². The molecule has 27 heavy (non-hydrogen) atoms. The molecule has 3 N–H and O–H groups in total. The highest BCUT2D eigenvalue weighted by molar-refractivity contribution is 14.0. The van der Waals surface area contributed by atoms with Crippen molar-refractivity contribution in [2.45, 2.75) is 32.7 Å². The topological polar surface area (TPSA) is 65.5 Å². The van der Waals surface area contributed by atoms with Crippen LogP contribution < -0.4 is 16.0 Å². The van der Waals surface area contributed by atoms with Crippen LogP contribution in [0.2, 0.25) is 0 Å². The van der Waals surface area contributed by atoms with Gasteiger partial charge in [0.25, 0.3) is 5.91 Å². The summed E-state index contributed by atoms with van der Waals surface area (Å²) in [5.41, 5.74) is 0.690. The molecule has 1 atom stereocenters. The lowest BCUT2D eigenvalue weighted by Gasteiger charge is -2.17. The molecule has 1 aromatic carbocycles. The highest BCUT2D eigenvalue weighted by Crippen LogP contribution is 2.16. The maximum atomic E-state index is 12.0. The smallest absolute Gasteiger partial charge is 0.251 e. The molecule has 1 heterocycles. The van der Waals surface area contributed by atoms with Crippen molar-refractivity contribution in [2.24, 2.45) is 4.99 Å². The van der Waals surface area contributed by atoms with E-state index in [-0.39, 0.29) is 29.9 Å². The zero-order valence-electron chi connectivity index (χ0n) is 16.1. The van der Waals surface area contributed by atoms with E-state index in [4.69, 9.17) is 0 Å². The van der Waals surface area contributed by atoms with Crippen LogP contribution in [-0.4, -0.2) is 38.0 Å². The van der Waals surface area contributed by atoms with Crippen LogP contribution in [0.5, 0.6) is 0 Å². The molecule has 0 saturated heterocycles. The molecular weight excluding hydrogens is 471 g/mol. The maximum absolute atomic E-state index is 12.0. The molecular formula is C20H29IN4OS. The third-order valence-electron chi connectivity index (χ3n) is 3.88. The lowest BCUT2D eigenvalue weighted by molar-refractivity contribution is 0.0953. The Bertz CT molecular complexity index is 718. The predicted octanol–water partition coefficient (Wildman–Crippen LogP) is 3.59. The number of hydrogen-bond donors (Lipinski definition) is 3. The van der Waals surface area contributed by atoms with Crippen molar-refractivity contribution in [1.29, 1.82) is 0 Å². The Morgan fingerprint density at radius 3 is 2.44 bits per heavy atom. The molecule has 0 aliphatic heterocycles. The molecule has 7 heteroatoms. The summed E-state index contributed by atoms with van der Waals surface area (Å²) >= 11 is 1.84. The van der Waals surface area contributed by atoms with Crippen LogP contribution in [0.15, 0.2) is 47.5 Å². The van der Waals surface area contributed by atoms with Crippen molar-refractivity contribution in [3.05, 3.63) is 57.8 Å². The molecule has 2 rings (SSSR count). The van der Waals surface area contributed by atoms with E-state index in [1.807, 2.05) is 41.7 Å². The molecule has 2 aromatic rings. The molecule has 0 spiro atoms. The van der Waals surface area contributed by atoms with Gasteiger partial charge in [0.15, 0.2) is 5.96 Å². The highest BCUT2D eigenvalue weighted by atomic mass is 127. The fourth-order valence-corrected chi connectivity index (χ4v) is 3.58. The molecule has 0 fully saturated rings. The molecule has 0 radical (unpaired) electrons. The minimum atomic E-state index is -0.0343. The molecule has 5 nitrogen and oxygen atoms in total. The van der Waals surface area contributed by atoms with Gasteiger partial charge in [-0.25, -0.2) is 0 Å². The zero-order valence-corrected chi connectivity index (χ0v) is 19.3. The van der Waals surface area contributed by atoms with E-state index in [2.05, 4.69) is 46.9 Å². The highest BCUT2D eigenvalue weighted by Gasteiger charge is 2.08. The van der Waals surface area contributed by atoms with Crippen LogP contribution in [-0.2, 0) is 6.42 Å². The van der Waals surface area contributed by atoms with Crippen molar-refractivity contribution in [3.63, 3.8) is 0 Å². The average Bonchev–Trinajstić information content (AvgIpc) is 3.05. The van der Waals surface area contributed by atoms with Crippen LogP contribution in [0.3, 0.4) is 0 Å². The number of nitrogens with zero attached hydrogens (tertiary/aromatic N) is 1. The largest absolute Gasteiger partial charge is 0.356 e. The average molecular weight is 500 g/mol. The van der Waals surface area contributed by atoms with E-state index < -0.39 is 0 Å². The second kappa shape index (κ2) is 12.7. The Hall–Kier alpha value is -1.61. The van der Waals surface area contributed by atoms with Crippen molar-refractivity contribution >= 4 is 47.2 Å². The molecule has 0 aliphatic carbocycles. The van der Waals surface area contributed by atoms with Gasteiger partial charge in [0, 0.05) is 47.9 Å². The van der Waals surface area contributed by atoms with E-state index in [1.165, 1.54) is 9.75 Å². The molecule has 1 unspecified atom stereocenters. The first-order valence-electron chi connectivity index (χ1n) is 8.94. The number of carbonyl (C=O) groups excluding carboxylic acids is 1. The third kappa shape index (κ3) is 8.75. The number of nitrogens with one attached hydrogen (secondary N) is 3. The van der Waals surface area contributed by atoms with Gasteiger partial charge >= 0.3 is 0 Å². The van der Waals surface area contributed by atoms with E-state index >= 15 is 0 Å². The minimum Gasteiger partial charge on any atom is -0.356 e. The normalized spacial score (nSPS) is 12.0. The van der Waals surface area contributed by atoms with Gasteiger partial charge in [-0.1, -0.05) is 18.2 Å². The lowest BCUT2D eigenvalue weighted by Crippen LogP contribution is -2.43. The number of aliphatic imine (C=N–C) groups is 1. The second-order valence-corrected chi connectivity index (χ2v) is 7.61. The van der Waals surface area contributed by atoms with Gasteiger partial charge in [-0.05, 0) is 44.5 Å². The number of thiophene rings is 1. The Morgan fingerprint density at radius 2 is 1.81 bits per heavy atom. The lowest BCUT2D eigenvalue weighted by atomic mass is 10.2. The van der Waals surface area contributed by atoms with Gasteiger partial charge < -0.3 is 16.0 Å². The number of carbonyl (C=O) groups is 1. The summed E-state index contributed by atoms with van der Waals surface area (Å²) in [5.74, 6) is 0.758. The second-order valence-electron chi connectivity index (χ2n) is 6.24. The number of rotatable bonds is 8. The molecule has 0 aliphatic rings. The van der Waals surface area contributed by atoms with Crippen LogP contribution in [0.1, 0.15) is 33.5 Å². The Balaban J connectivity index is 0.00000364. The first-order chi connectivity index (χ1) is 12.6. The monoisotopic (exact) mass is 500 g/mol. The van der Waals surface area contributed by atoms with Gasteiger partial charge in [-0.2, -0.15) is 0 Å². The molecule has 0 saturated carbocycles. The first-order valence-corrected chi connectivity index (χ1v) is 9.76. The summed E-state index contributed by atoms with van der Waals surface area (Å²) in [6.07, 6.45) is 1.81. The van der Waals surface area contributed by atoms with E-state index in [9.17, 15) is 4.79 Å². The zero-order chi connectivity index (χ0) is 18.8. The van der Waals surface area contributed by atoms with Gasteiger partial charge in [0.05, 0.1) is 0 Å². The van der Waals surface area contributed by atoms with Crippen molar-refractivity contribution in [3.8, 4) is 0 Å². The standard InChI is InChI=1S/C20H28N4OS.HI/c1-15(14-18-11-10-16(2)26-18)24-20(21-3)23-13-7-12-22-19(25)17-8-5-4-6-9-17;/h4-6,8-11,15H,7,12-14H2,1-3H3,(H,22,25)(H2,21,23,24);1H. The van der Waals surface area contributed by atoms with E-state index in [1.54, 1.807) is 7.05 Å². The van der Waals surface area contributed by atoms with Gasteiger partial charge in [-0.3, -0.25) is 9.79 Å². The number of amides is 1. The molecule has 1 amide bonds. The summed E-state index contributed by atoms with van der Waals surface area (Å²) in [6, 6.07) is 13.9. The summed E-state index contributed by atoms with van der Waals surface area (Å²) in [5, 5.41) is 9.63. The van der Waals surface area contributed by atoms with Gasteiger partial charge in [0.1, 0.15) is 0 Å². The Labute approximate surface area is 183 Å². The summed E-state index contributed by atoms with van der Waals surface area (Å²) in [4.78, 5) is 18.9. The SMILES string of the molecule is CN=C(NCCCNC(=O)c1ccccc1)NC(C)Cc1ccc(C)s1.I. The third-order valence-corrected chi connectivity index (χ3v) is 4.90. The number of guanidine groups is 1. The van der Waals surface area contributed by atoms with Crippen LogP contribution >= 0.6 is 35.3 Å². The Kier molecular flexibility index (Phi) is 11.0. The molecule has 1 aromatic heterocycles. The van der Waals surface area contributed by atoms with Gasteiger partial charge in [-0.15, -0.1) is 35.3 Å². The van der Waals surface area contributed by atoms with E-state index in [0.717, 1.165) is 25.3 Å².